The molecule has 0 aliphatic heterocycles. The molecule has 0 aliphatic rings. The van der Waals surface area contributed by atoms with E-state index in [0.717, 1.165) is 24.2 Å². The van der Waals surface area contributed by atoms with Gasteiger partial charge in [0, 0.05) is 6.04 Å². The van der Waals surface area contributed by atoms with Crippen LogP contribution in [0.3, 0.4) is 0 Å². The van der Waals surface area contributed by atoms with Crippen LogP contribution in [0, 0.1) is 12.8 Å². The quantitative estimate of drug-likeness (QED) is 0.716. The predicted molar refractivity (Wildman–Crippen MR) is 86.2 cm³/mol. The van der Waals surface area contributed by atoms with Gasteiger partial charge < -0.3 is 10.4 Å². The van der Waals surface area contributed by atoms with Crippen molar-refractivity contribution in [1.82, 2.24) is 10.3 Å². The molecule has 1 aromatic rings. The van der Waals surface area contributed by atoms with Crippen LogP contribution in [0.25, 0.3) is 0 Å². The van der Waals surface area contributed by atoms with Crippen LogP contribution in [0.4, 0.5) is 0 Å². The second kappa shape index (κ2) is 8.38. The summed E-state index contributed by atoms with van der Waals surface area (Å²) in [5.74, 6) is -0.117. The van der Waals surface area contributed by atoms with Gasteiger partial charge in [0.2, 0.25) is 5.91 Å². The second-order valence-corrected chi connectivity index (χ2v) is 7.65. The lowest BCUT2D eigenvalue weighted by atomic mass is 10.0. The number of thioether (sulfide) groups is 1. The van der Waals surface area contributed by atoms with Gasteiger partial charge in [0.05, 0.1) is 11.4 Å². The first-order chi connectivity index (χ1) is 9.79. The molecule has 0 saturated heterocycles. The van der Waals surface area contributed by atoms with Crippen LogP contribution in [0.5, 0.6) is 0 Å². The number of carboxylic acids is 1. The van der Waals surface area contributed by atoms with Gasteiger partial charge in [-0.1, -0.05) is 25.6 Å². The Morgan fingerprint density at radius 1 is 1.33 bits per heavy atom. The van der Waals surface area contributed by atoms with Crippen molar-refractivity contribution in [2.45, 2.75) is 50.9 Å². The van der Waals surface area contributed by atoms with Crippen molar-refractivity contribution in [3.63, 3.8) is 0 Å². The van der Waals surface area contributed by atoms with Crippen LogP contribution in [-0.2, 0) is 4.79 Å². The summed E-state index contributed by atoms with van der Waals surface area (Å²) in [6.07, 6.45) is 2.05. The largest absolute Gasteiger partial charge is 0.477 e. The Hall–Kier alpha value is -1.08. The van der Waals surface area contributed by atoms with Gasteiger partial charge in [-0.15, -0.1) is 11.3 Å². The molecule has 1 atom stereocenters. The van der Waals surface area contributed by atoms with E-state index in [9.17, 15) is 9.59 Å². The van der Waals surface area contributed by atoms with Gasteiger partial charge >= 0.3 is 5.97 Å². The lowest BCUT2D eigenvalue weighted by Gasteiger charge is -2.14. The fourth-order valence-electron chi connectivity index (χ4n) is 1.73. The number of hydrogen-bond donors (Lipinski definition) is 2. The minimum absolute atomic E-state index is 0.0408. The SMILES string of the molecule is Cc1nc(SCC(=O)NC(C)CCC(C)C)sc1C(=O)O. The number of aromatic carboxylic acids is 1. The Bertz CT molecular complexity index is 500. The highest BCUT2D eigenvalue weighted by molar-refractivity contribution is 8.01. The number of carbonyl (C=O) groups is 2. The number of hydrogen-bond acceptors (Lipinski definition) is 5. The fraction of sp³-hybridized carbons (Fsp3) is 0.643. The van der Waals surface area contributed by atoms with Crippen LogP contribution in [-0.4, -0.2) is 33.8 Å². The molecule has 1 heterocycles. The summed E-state index contributed by atoms with van der Waals surface area (Å²) in [7, 11) is 0. The van der Waals surface area contributed by atoms with Crippen molar-refractivity contribution in [1.29, 1.82) is 0 Å². The molecular weight excluding hydrogens is 308 g/mol. The summed E-state index contributed by atoms with van der Waals surface area (Å²) < 4.78 is 0.620. The van der Waals surface area contributed by atoms with E-state index in [4.69, 9.17) is 5.11 Å². The Labute approximate surface area is 133 Å². The molecule has 5 nitrogen and oxygen atoms in total. The van der Waals surface area contributed by atoms with Gasteiger partial charge in [-0.25, -0.2) is 9.78 Å². The van der Waals surface area contributed by atoms with E-state index in [2.05, 4.69) is 24.1 Å². The summed E-state index contributed by atoms with van der Waals surface area (Å²) in [6.45, 7) is 7.99. The standard InChI is InChI=1S/C14H22N2O3S2/c1-8(2)5-6-9(3)15-11(17)7-20-14-16-10(4)12(21-14)13(18)19/h8-9H,5-7H2,1-4H3,(H,15,17)(H,18,19). The normalized spacial score (nSPS) is 12.4. The predicted octanol–water partition coefficient (Wildman–Crippen LogP) is 3.18. The zero-order valence-corrected chi connectivity index (χ0v) is 14.4. The van der Waals surface area contributed by atoms with Crippen molar-refractivity contribution in [2.24, 2.45) is 5.92 Å². The van der Waals surface area contributed by atoms with Crippen LogP contribution >= 0.6 is 23.1 Å². The summed E-state index contributed by atoms with van der Waals surface area (Å²) in [6, 6.07) is 0.160. The molecule has 1 amide bonds. The molecule has 1 rings (SSSR count). The van der Waals surface area contributed by atoms with Gasteiger partial charge in [0.25, 0.3) is 0 Å². The van der Waals surface area contributed by atoms with Crippen LogP contribution in [0.1, 0.15) is 49.0 Å². The number of rotatable bonds is 8. The number of amides is 1. The third kappa shape index (κ3) is 6.48. The first-order valence-corrected chi connectivity index (χ1v) is 8.72. The van der Waals surface area contributed by atoms with Gasteiger partial charge in [-0.05, 0) is 32.6 Å². The molecule has 118 valence electrons. The highest BCUT2D eigenvalue weighted by atomic mass is 32.2. The molecule has 1 aromatic heterocycles. The molecule has 2 N–H and O–H groups in total. The first kappa shape index (κ1) is 18.0. The zero-order valence-electron chi connectivity index (χ0n) is 12.8. The van der Waals surface area contributed by atoms with E-state index in [0.29, 0.717) is 16.0 Å². The summed E-state index contributed by atoms with van der Waals surface area (Å²) in [5, 5.41) is 11.9. The van der Waals surface area contributed by atoms with Crippen LogP contribution < -0.4 is 5.32 Å². The van der Waals surface area contributed by atoms with Crippen molar-refractivity contribution >= 4 is 35.0 Å². The number of nitrogens with one attached hydrogen (secondary N) is 1. The third-order valence-electron chi connectivity index (χ3n) is 2.88. The molecule has 1 unspecified atom stereocenters. The monoisotopic (exact) mass is 330 g/mol. The minimum Gasteiger partial charge on any atom is -0.477 e. The molecule has 0 saturated carbocycles. The number of nitrogens with zero attached hydrogens (tertiary/aromatic N) is 1. The van der Waals surface area contributed by atoms with Gasteiger partial charge in [-0.3, -0.25) is 4.79 Å². The molecule has 0 spiro atoms. The van der Waals surface area contributed by atoms with E-state index in [1.165, 1.54) is 11.8 Å². The Morgan fingerprint density at radius 2 is 2.00 bits per heavy atom. The highest BCUT2D eigenvalue weighted by Crippen LogP contribution is 2.27. The Morgan fingerprint density at radius 3 is 2.52 bits per heavy atom. The maximum Gasteiger partial charge on any atom is 0.347 e. The molecule has 0 radical (unpaired) electrons. The van der Waals surface area contributed by atoms with Gasteiger partial charge in [-0.2, -0.15) is 0 Å². The van der Waals surface area contributed by atoms with Crippen molar-refractivity contribution in [3.8, 4) is 0 Å². The number of carboxylic acid groups (broad SMARTS) is 1. The first-order valence-electron chi connectivity index (χ1n) is 6.92. The molecule has 7 heteroatoms. The fourth-order valence-corrected chi connectivity index (χ4v) is 3.57. The second-order valence-electron chi connectivity index (χ2n) is 5.43. The van der Waals surface area contributed by atoms with E-state index in [-0.39, 0.29) is 22.6 Å². The summed E-state index contributed by atoms with van der Waals surface area (Å²) in [5.41, 5.74) is 0.501. The van der Waals surface area contributed by atoms with Crippen molar-refractivity contribution in [2.75, 3.05) is 5.75 Å². The summed E-state index contributed by atoms with van der Waals surface area (Å²) >= 11 is 2.39. The lowest BCUT2D eigenvalue weighted by Crippen LogP contribution is -2.33. The third-order valence-corrected chi connectivity index (χ3v) is 5.17. The number of aryl methyl sites for hydroxylation is 1. The zero-order chi connectivity index (χ0) is 16.0. The average Bonchev–Trinajstić information content (AvgIpc) is 2.75. The Kier molecular flexibility index (Phi) is 7.17. The van der Waals surface area contributed by atoms with E-state index >= 15 is 0 Å². The highest BCUT2D eigenvalue weighted by Gasteiger charge is 2.15. The van der Waals surface area contributed by atoms with Crippen molar-refractivity contribution in [3.05, 3.63) is 10.6 Å². The smallest absolute Gasteiger partial charge is 0.347 e. The number of aromatic nitrogens is 1. The average molecular weight is 330 g/mol. The van der Waals surface area contributed by atoms with E-state index in [1.807, 2.05) is 6.92 Å². The lowest BCUT2D eigenvalue weighted by molar-refractivity contribution is -0.119. The number of carbonyl (C=O) groups excluding carboxylic acids is 1. The molecular formula is C14H22N2O3S2. The van der Waals surface area contributed by atoms with Gasteiger partial charge in [0.1, 0.15) is 4.88 Å². The maximum absolute atomic E-state index is 11.8. The van der Waals surface area contributed by atoms with Gasteiger partial charge in [0.15, 0.2) is 4.34 Å². The minimum atomic E-state index is -0.969. The molecule has 0 bridgehead atoms. The molecule has 0 aliphatic carbocycles. The van der Waals surface area contributed by atoms with Crippen LogP contribution in [0.2, 0.25) is 0 Å². The molecule has 21 heavy (non-hydrogen) atoms. The van der Waals surface area contributed by atoms with Crippen molar-refractivity contribution < 1.29 is 14.7 Å². The summed E-state index contributed by atoms with van der Waals surface area (Å²) in [4.78, 5) is 27.2. The van der Waals surface area contributed by atoms with E-state index in [1.54, 1.807) is 6.92 Å². The molecule has 0 fully saturated rings. The molecule has 0 aromatic carbocycles. The van der Waals surface area contributed by atoms with E-state index < -0.39 is 5.97 Å². The Balaban J connectivity index is 2.39. The number of thiazole rings is 1. The van der Waals surface area contributed by atoms with Crippen LogP contribution in [0.15, 0.2) is 4.34 Å². The maximum atomic E-state index is 11.8. The topological polar surface area (TPSA) is 79.3 Å².